The molecule has 0 aromatic heterocycles. The molecular weight excluding hydrogens is 296 g/mol. The Morgan fingerprint density at radius 1 is 1.27 bits per heavy atom. The maximum Gasteiger partial charge on any atom is 0.228 e. The van der Waals surface area contributed by atoms with E-state index in [2.05, 4.69) is 11.4 Å². The van der Waals surface area contributed by atoms with Crippen LogP contribution in [0.1, 0.15) is 33.6 Å². The minimum absolute atomic E-state index is 0.0212. The molecule has 22 heavy (non-hydrogen) atoms. The highest BCUT2D eigenvalue weighted by Gasteiger charge is 2.23. The van der Waals surface area contributed by atoms with Crippen LogP contribution in [0.15, 0.2) is 29.2 Å². The zero-order valence-electron chi connectivity index (χ0n) is 13.5. The van der Waals surface area contributed by atoms with Crippen LogP contribution in [0.5, 0.6) is 0 Å². The number of amides is 2. The number of rotatable bonds is 3. The number of carbonyl (C=O) groups is 2. The highest BCUT2D eigenvalue weighted by Crippen LogP contribution is 2.33. The van der Waals surface area contributed by atoms with Gasteiger partial charge in [-0.15, -0.1) is 11.8 Å². The summed E-state index contributed by atoms with van der Waals surface area (Å²) in [5.41, 5.74) is 0.576. The average molecular weight is 320 g/mol. The molecule has 1 aromatic carbocycles. The highest BCUT2D eigenvalue weighted by molar-refractivity contribution is 7.99. The summed E-state index contributed by atoms with van der Waals surface area (Å²) in [4.78, 5) is 27.4. The Morgan fingerprint density at radius 3 is 2.73 bits per heavy atom. The number of para-hydroxylation sites is 1. The van der Waals surface area contributed by atoms with E-state index in [-0.39, 0.29) is 11.8 Å². The third-order valence-corrected chi connectivity index (χ3v) is 4.70. The summed E-state index contributed by atoms with van der Waals surface area (Å²) in [6.07, 6.45) is 1.32. The molecule has 1 heterocycles. The van der Waals surface area contributed by atoms with Crippen LogP contribution in [0.2, 0.25) is 0 Å². The fourth-order valence-electron chi connectivity index (χ4n) is 2.27. The van der Waals surface area contributed by atoms with Gasteiger partial charge in [-0.2, -0.15) is 0 Å². The lowest BCUT2D eigenvalue weighted by molar-refractivity contribution is -0.128. The van der Waals surface area contributed by atoms with Crippen LogP contribution < -0.4 is 10.2 Å². The van der Waals surface area contributed by atoms with Gasteiger partial charge in [0.05, 0.1) is 5.69 Å². The molecule has 2 amide bonds. The lowest BCUT2D eigenvalue weighted by Gasteiger charge is -2.23. The van der Waals surface area contributed by atoms with Gasteiger partial charge in [0, 0.05) is 29.8 Å². The van der Waals surface area contributed by atoms with Gasteiger partial charge in [0.15, 0.2) is 0 Å². The van der Waals surface area contributed by atoms with Crippen molar-refractivity contribution in [3.63, 3.8) is 0 Å². The summed E-state index contributed by atoms with van der Waals surface area (Å²) >= 11 is 1.80. The van der Waals surface area contributed by atoms with Crippen LogP contribution in [-0.2, 0) is 9.59 Å². The Labute approximate surface area is 136 Å². The average Bonchev–Trinajstić information content (AvgIpc) is 2.68. The quantitative estimate of drug-likeness (QED) is 0.931. The number of fused-ring (bicyclic) bond motifs is 1. The summed E-state index contributed by atoms with van der Waals surface area (Å²) < 4.78 is 0. The Morgan fingerprint density at radius 2 is 2.00 bits per heavy atom. The number of carbonyl (C=O) groups excluding carboxylic acids is 2. The number of nitrogens with zero attached hydrogens (tertiary/aromatic N) is 1. The van der Waals surface area contributed by atoms with E-state index in [4.69, 9.17) is 0 Å². The Kier molecular flexibility index (Phi) is 5.51. The fourth-order valence-corrected chi connectivity index (χ4v) is 3.26. The van der Waals surface area contributed by atoms with Gasteiger partial charge in [-0.25, -0.2) is 0 Å². The molecule has 1 aliphatic heterocycles. The summed E-state index contributed by atoms with van der Waals surface area (Å²) in [6, 6.07) is 8.03. The van der Waals surface area contributed by atoms with Crippen LogP contribution in [-0.4, -0.2) is 30.7 Å². The van der Waals surface area contributed by atoms with E-state index in [1.165, 1.54) is 0 Å². The molecule has 0 bridgehead atoms. The SMILES string of the molecule is CC(C)(C)C(=O)NCCC(=O)N1CCCSc2ccccc21. The monoisotopic (exact) mass is 320 g/mol. The van der Waals surface area contributed by atoms with Crippen molar-refractivity contribution in [2.45, 2.75) is 38.5 Å². The minimum atomic E-state index is -0.422. The molecule has 0 aliphatic carbocycles. The van der Waals surface area contributed by atoms with E-state index in [9.17, 15) is 9.59 Å². The van der Waals surface area contributed by atoms with Gasteiger partial charge in [0.1, 0.15) is 0 Å². The molecule has 0 saturated carbocycles. The van der Waals surface area contributed by atoms with Crippen LogP contribution in [0, 0.1) is 5.41 Å². The van der Waals surface area contributed by atoms with Gasteiger partial charge in [0.25, 0.3) is 0 Å². The summed E-state index contributed by atoms with van der Waals surface area (Å²) in [7, 11) is 0. The van der Waals surface area contributed by atoms with Crippen molar-refractivity contribution in [3.05, 3.63) is 24.3 Å². The Balaban J connectivity index is 1.97. The van der Waals surface area contributed by atoms with Crippen molar-refractivity contribution in [2.75, 3.05) is 23.7 Å². The molecule has 0 radical (unpaired) electrons. The van der Waals surface area contributed by atoms with E-state index in [1.807, 2.05) is 43.9 Å². The first kappa shape index (κ1) is 16.9. The molecule has 1 N–H and O–H groups in total. The zero-order valence-corrected chi connectivity index (χ0v) is 14.3. The predicted octanol–water partition coefficient (Wildman–Crippen LogP) is 3.07. The molecular formula is C17H24N2O2S. The van der Waals surface area contributed by atoms with Gasteiger partial charge in [-0.1, -0.05) is 32.9 Å². The van der Waals surface area contributed by atoms with Gasteiger partial charge >= 0.3 is 0 Å². The van der Waals surface area contributed by atoms with E-state index in [0.29, 0.717) is 13.0 Å². The molecule has 0 fully saturated rings. The molecule has 0 spiro atoms. The lowest BCUT2D eigenvalue weighted by Crippen LogP contribution is -2.38. The van der Waals surface area contributed by atoms with Gasteiger partial charge in [-0.3, -0.25) is 9.59 Å². The first-order chi connectivity index (χ1) is 10.4. The van der Waals surface area contributed by atoms with Crippen molar-refractivity contribution in [1.29, 1.82) is 0 Å². The summed E-state index contributed by atoms with van der Waals surface area (Å²) in [5.74, 6) is 1.08. The molecule has 0 unspecified atom stereocenters. The van der Waals surface area contributed by atoms with Crippen LogP contribution in [0.25, 0.3) is 0 Å². The van der Waals surface area contributed by atoms with Gasteiger partial charge in [0.2, 0.25) is 11.8 Å². The van der Waals surface area contributed by atoms with Crippen molar-refractivity contribution in [3.8, 4) is 0 Å². The number of hydrogen-bond donors (Lipinski definition) is 1. The number of hydrogen-bond acceptors (Lipinski definition) is 3. The zero-order chi connectivity index (χ0) is 16.2. The Hall–Kier alpha value is -1.49. The number of benzene rings is 1. The molecule has 1 aliphatic rings. The third kappa shape index (κ3) is 4.26. The number of nitrogens with one attached hydrogen (secondary N) is 1. The standard InChI is InChI=1S/C17H24N2O2S/c1-17(2,3)16(21)18-10-9-15(20)19-11-6-12-22-14-8-5-4-7-13(14)19/h4-5,7-8H,6,9-12H2,1-3H3,(H,18,21). The van der Waals surface area contributed by atoms with E-state index < -0.39 is 5.41 Å². The van der Waals surface area contributed by atoms with Gasteiger partial charge < -0.3 is 10.2 Å². The second kappa shape index (κ2) is 7.18. The first-order valence-electron chi connectivity index (χ1n) is 7.70. The molecule has 0 saturated heterocycles. The molecule has 5 heteroatoms. The number of anilines is 1. The first-order valence-corrected chi connectivity index (χ1v) is 8.68. The largest absolute Gasteiger partial charge is 0.355 e. The van der Waals surface area contributed by atoms with Crippen LogP contribution in [0.4, 0.5) is 5.69 Å². The molecule has 120 valence electrons. The maximum atomic E-state index is 12.5. The fraction of sp³-hybridized carbons (Fsp3) is 0.529. The second-order valence-corrected chi connectivity index (χ2v) is 7.61. The van der Waals surface area contributed by atoms with Crippen molar-refractivity contribution >= 4 is 29.3 Å². The van der Waals surface area contributed by atoms with Crippen LogP contribution in [0.3, 0.4) is 0 Å². The van der Waals surface area contributed by atoms with E-state index >= 15 is 0 Å². The van der Waals surface area contributed by atoms with E-state index in [0.717, 1.165) is 29.3 Å². The Bertz CT molecular complexity index is 552. The lowest BCUT2D eigenvalue weighted by atomic mass is 9.96. The maximum absolute atomic E-state index is 12.5. The highest BCUT2D eigenvalue weighted by atomic mass is 32.2. The summed E-state index contributed by atoms with van der Waals surface area (Å²) in [6.45, 7) is 6.74. The van der Waals surface area contributed by atoms with E-state index in [1.54, 1.807) is 11.8 Å². The molecule has 1 aromatic rings. The molecule has 0 atom stereocenters. The van der Waals surface area contributed by atoms with Crippen molar-refractivity contribution in [1.82, 2.24) is 5.32 Å². The topological polar surface area (TPSA) is 49.4 Å². The third-order valence-electron chi connectivity index (χ3n) is 3.55. The minimum Gasteiger partial charge on any atom is -0.355 e. The van der Waals surface area contributed by atoms with Crippen molar-refractivity contribution in [2.24, 2.45) is 5.41 Å². The smallest absolute Gasteiger partial charge is 0.228 e. The van der Waals surface area contributed by atoms with Crippen molar-refractivity contribution < 1.29 is 9.59 Å². The summed E-state index contributed by atoms with van der Waals surface area (Å²) in [5, 5.41) is 2.84. The van der Waals surface area contributed by atoms with Gasteiger partial charge in [-0.05, 0) is 24.3 Å². The second-order valence-electron chi connectivity index (χ2n) is 6.47. The predicted molar refractivity (Wildman–Crippen MR) is 91.2 cm³/mol. The molecule has 2 rings (SSSR count). The number of thioether (sulfide) groups is 1. The normalized spacial score (nSPS) is 15.0. The molecule has 4 nitrogen and oxygen atoms in total. The van der Waals surface area contributed by atoms with Crippen LogP contribution >= 0.6 is 11.8 Å².